The zero-order valence-corrected chi connectivity index (χ0v) is 14.4. The summed E-state index contributed by atoms with van der Waals surface area (Å²) >= 11 is 1.23. The molecule has 3 rings (SSSR count). The Labute approximate surface area is 148 Å². The lowest BCUT2D eigenvalue weighted by molar-refractivity contribution is -0.120. The van der Waals surface area contributed by atoms with E-state index >= 15 is 0 Å². The van der Waals surface area contributed by atoms with E-state index in [4.69, 9.17) is 4.42 Å². The van der Waals surface area contributed by atoms with Crippen LogP contribution < -0.4 is 10.6 Å². The van der Waals surface area contributed by atoms with Gasteiger partial charge in [0.05, 0.1) is 24.9 Å². The highest BCUT2D eigenvalue weighted by atomic mass is 32.1. The van der Waals surface area contributed by atoms with Gasteiger partial charge in [-0.3, -0.25) is 9.59 Å². The smallest absolute Gasteiger partial charge is 0.267 e. The number of para-hydroxylation sites is 1. The number of carbonyl (C=O) groups is 2. The van der Waals surface area contributed by atoms with E-state index in [1.54, 1.807) is 25.3 Å². The summed E-state index contributed by atoms with van der Waals surface area (Å²) in [7, 11) is 0. The van der Waals surface area contributed by atoms with Crippen molar-refractivity contribution in [3.63, 3.8) is 0 Å². The van der Waals surface area contributed by atoms with Gasteiger partial charge in [0.1, 0.15) is 15.6 Å². The molecule has 1 aromatic carbocycles. The fourth-order valence-corrected chi connectivity index (χ4v) is 3.21. The van der Waals surface area contributed by atoms with Crippen molar-refractivity contribution in [2.75, 3.05) is 5.32 Å². The Balaban J connectivity index is 1.59. The average molecular weight is 355 g/mol. The van der Waals surface area contributed by atoms with Gasteiger partial charge in [0, 0.05) is 5.69 Å². The van der Waals surface area contributed by atoms with Gasteiger partial charge in [-0.2, -0.15) is 0 Å². The number of nitrogens with zero attached hydrogens (tertiary/aromatic N) is 1. The maximum atomic E-state index is 12.4. The third-order valence-electron chi connectivity index (χ3n) is 3.43. The van der Waals surface area contributed by atoms with Crippen molar-refractivity contribution < 1.29 is 14.0 Å². The molecule has 2 N–H and O–H groups in total. The van der Waals surface area contributed by atoms with Crippen molar-refractivity contribution in [3.8, 4) is 0 Å². The van der Waals surface area contributed by atoms with Crippen molar-refractivity contribution in [3.05, 3.63) is 70.1 Å². The molecule has 0 saturated carbocycles. The minimum Gasteiger partial charge on any atom is -0.467 e. The fourth-order valence-electron chi connectivity index (χ4n) is 2.25. The number of anilines is 1. The Kier molecular flexibility index (Phi) is 5.25. The van der Waals surface area contributed by atoms with Gasteiger partial charge in [0.2, 0.25) is 5.91 Å². The average Bonchev–Trinajstić information content (AvgIpc) is 3.23. The summed E-state index contributed by atoms with van der Waals surface area (Å²) < 4.78 is 5.16. The van der Waals surface area contributed by atoms with Crippen molar-refractivity contribution in [1.82, 2.24) is 10.3 Å². The monoisotopic (exact) mass is 355 g/mol. The van der Waals surface area contributed by atoms with Crippen LogP contribution in [0.3, 0.4) is 0 Å². The van der Waals surface area contributed by atoms with Gasteiger partial charge in [0.25, 0.3) is 5.91 Å². The third-order valence-corrected chi connectivity index (χ3v) is 4.59. The van der Waals surface area contributed by atoms with Crippen molar-refractivity contribution in [1.29, 1.82) is 0 Å². The highest BCUT2D eigenvalue weighted by molar-refractivity contribution is 7.14. The lowest BCUT2D eigenvalue weighted by Gasteiger charge is -2.03. The standard InChI is InChI=1S/C18H17N3O3S/c1-12-17(18(23)21-13-6-3-2-4-7-13)25-16(20-12)10-15(22)19-11-14-8-5-9-24-14/h2-9H,10-11H2,1H3,(H,19,22)(H,21,23). The minimum absolute atomic E-state index is 0.130. The molecule has 25 heavy (non-hydrogen) atoms. The van der Waals surface area contributed by atoms with Crippen LogP contribution in [-0.4, -0.2) is 16.8 Å². The van der Waals surface area contributed by atoms with E-state index in [1.165, 1.54) is 11.3 Å². The first kappa shape index (κ1) is 16.9. The summed E-state index contributed by atoms with van der Waals surface area (Å²) in [5.41, 5.74) is 1.34. The molecule has 0 aliphatic rings. The molecule has 2 heterocycles. The number of aryl methyl sites for hydroxylation is 1. The van der Waals surface area contributed by atoms with Crippen LogP contribution >= 0.6 is 11.3 Å². The summed E-state index contributed by atoms with van der Waals surface area (Å²) in [6.45, 7) is 2.10. The number of thiazole rings is 1. The molecule has 0 spiro atoms. The summed E-state index contributed by atoms with van der Waals surface area (Å²) in [5.74, 6) is 0.301. The molecule has 0 fully saturated rings. The van der Waals surface area contributed by atoms with E-state index < -0.39 is 0 Å². The normalized spacial score (nSPS) is 10.4. The van der Waals surface area contributed by atoms with E-state index in [0.717, 1.165) is 5.69 Å². The molecule has 0 aliphatic carbocycles. The molecule has 2 aromatic heterocycles. The molecule has 2 amide bonds. The second-order valence-electron chi connectivity index (χ2n) is 5.38. The predicted octanol–water partition coefficient (Wildman–Crippen LogP) is 3.16. The Morgan fingerprint density at radius 2 is 1.96 bits per heavy atom. The van der Waals surface area contributed by atoms with Crippen LogP contribution in [0.4, 0.5) is 5.69 Å². The van der Waals surface area contributed by atoms with Gasteiger partial charge in [-0.15, -0.1) is 11.3 Å². The second-order valence-corrected chi connectivity index (χ2v) is 6.46. The number of hydrogen-bond donors (Lipinski definition) is 2. The maximum Gasteiger partial charge on any atom is 0.267 e. The van der Waals surface area contributed by atoms with Crippen LogP contribution in [0.25, 0.3) is 0 Å². The van der Waals surface area contributed by atoms with Crippen LogP contribution in [0.15, 0.2) is 53.1 Å². The lowest BCUT2D eigenvalue weighted by atomic mass is 10.3. The molecule has 0 bridgehead atoms. The largest absolute Gasteiger partial charge is 0.467 e. The number of furan rings is 1. The van der Waals surface area contributed by atoms with Gasteiger partial charge in [-0.25, -0.2) is 4.98 Å². The van der Waals surface area contributed by atoms with Gasteiger partial charge >= 0.3 is 0 Å². The van der Waals surface area contributed by atoms with Crippen LogP contribution in [0.1, 0.15) is 26.1 Å². The maximum absolute atomic E-state index is 12.4. The van der Waals surface area contributed by atoms with Crippen molar-refractivity contribution in [2.45, 2.75) is 19.9 Å². The fraction of sp³-hybridized carbons (Fsp3) is 0.167. The topological polar surface area (TPSA) is 84.2 Å². The van der Waals surface area contributed by atoms with Crippen LogP contribution in [0.2, 0.25) is 0 Å². The number of aromatic nitrogens is 1. The molecule has 128 valence electrons. The first-order chi connectivity index (χ1) is 12.1. The number of nitrogens with one attached hydrogen (secondary N) is 2. The molecule has 0 aliphatic heterocycles. The first-order valence-electron chi connectivity index (χ1n) is 7.73. The highest BCUT2D eigenvalue weighted by Gasteiger charge is 2.17. The van der Waals surface area contributed by atoms with E-state index in [0.29, 0.717) is 27.9 Å². The Morgan fingerprint density at radius 1 is 1.16 bits per heavy atom. The number of amides is 2. The van der Waals surface area contributed by atoms with Crippen molar-refractivity contribution >= 4 is 28.8 Å². The molecule has 3 aromatic rings. The van der Waals surface area contributed by atoms with Gasteiger partial charge in [0.15, 0.2) is 0 Å². The molecule has 0 radical (unpaired) electrons. The third kappa shape index (κ3) is 4.54. The van der Waals surface area contributed by atoms with E-state index in [2.05, 4.69) is 15.6 Å². The van der Waals surface area contributed by atoms with E-state index in [1.807, 2.05) is 30.3 Å². The summed E-state index contributed by atoms with van der Waals surface area (Å²) in [5, 5.41) is 6.20. The summed E-state index contributed by atoms with van der Waals surface area (Å²) in [6, 6.07) is 12.8. The second kappa shape index (κ2) is 7.76. The number of rotatable bonds is 6. The molecule has 7 heteroatoms. The summed E-state index contributed by atoms with van der Waals surface area (Å²) in [4.78, 5) is 29.2. The predicted molar refractivity (Wildman–Crippen MR) is 95.5 cm³/mol. The number of carbonyl (C=O) groups excluding carboxylic acids is 2. The van der Waals surface area contributed by atoms with Crippen LogP contribution in [0.5, 0.6) is 0 Å². The van der Waals surface area contributed by atoms with Gasteiger partial charge < -0.3 is 15.1 Å². The zero-order chi connectivity index (χ0) is 17.6. The molecular weight excluding hydrogens is 338 g/mol. The van der Waals surface area contributed by atoms with E-state index in [9.17, 15) is 9.59 Å². The minimum atomic E-state index is -0.219. The van der Waals surface area contributed by atoms with Gasteiger partial charge in [-0.1, -0.05) is 18.2 Å². The highest BCUT2D eigenvalue weighted by Crippen LogP contribution is 2.20. The molecule has 6 nitrogen and oxygen atoms in total. The van der Waals surface area contributed by atoms with E-state index in [-0.39, 0.29) is 18.2 Å². The number of hydrogen-bond acceptors (Lipinski definition) is 5. The quantitative estimate of drug-likeness (QED) is 0.711. The number of benzene rings is 1. The SMILES string of the molecule is Cc1nc(CC(=O)NCc2ccco2)sc1C(=O)Nc1ccccc1. The molecule has 0 atom stereocenters. The van der Waals surface area contributed by atoms with Gasteiger partial charge in [-0.05, 0) is 31.2 Å². The molecule has 0 unspecified atom stereocenters. The lowest BCUT2D eigenvalue weighted by Crippen LogP contribution is -2.24. The Hall–Kier alpha value is -2.93. The Morgan fingerprint density at radius 3 is 2.68 bits per heavy atom. The molecule has 0 saturated heterocycles. The van der Waals surface area contributed by atoms with Crippen molar-refractivity contribution in [2.24, 2.45) is 0 Å². The van der Waals surface area contributed by atoms with Crippen LogP contribution in [-0.2, 0) is 17.8 Å². The first-order valence-corrected chi connectivity index (χ1v) is 8.55. The summed E-state index contributed by atoms with van der Waals surface area (Å²) in [6.07, 6.45) is 1.69. The zero-order valence-electron chi connectivity index (χ0n) is 13.6. The Bertz CT molecular complexity index is 857. The molecular formula is C18H17N3O3S. The van der Waals surface area contributed by atoms with Crippen LogP contribution in [0, 0.1) is 6.92 Å².